The van der Waals surface area contributed by atoms with Crippen LogP contribution in [-0.2, 0) is 6.54 Å². The van der Waals surface area contributed by atoms with Crippen LogP contribution in [0, 0.1) is 24.2 Å². The first-order valence-corrected chi connectivity index (χ1v) is 9.75. The Morgan fingerprint density at radius 3 is 2.24 bits per heavy atom. The number of carbonyl (C=O) groups excluding carboxylic acids is 1. The number of nitrogens with zero attached hydrogens (tertiary/aromatic N) is 2. The largest absolute Gasteiger partial charge is 0.494 e. The van der Waals surface area contributed by atoms with Gasteiger partial charge in [-0.3, -0.25) is 14.2 Å². The summed E-state index contributed by atoms with van der Waals surface area (Å²) in [5.74, 6) is 0.0548. The molecule has 0 fully saturated rings. The summed E-state index contributed by atoms with van der Waals surface area (Å²) < 4.78 is 6.86. The zero-order valence-electron chi connectivity index (χ0n) is 17.8. The Kier molecular flexibility index (Phi) is 6.86. The number of nitriles is 1. The second-order valence-corrected chi connectivity index (χ2v) is 7.97. The van der Waals surface area contributed by atoms with Gasteiger partial charge in [0.15, 0.2) is 6.10 Å². The minimum Gasteiger partial charge on any atom is -0.494 e. The molecule has 0 spiro atoms. The molecule has 1 unspecified atom stereocenters. The number of hydrogen-bond acceptors (Lipinski definition) is 5. The van der Waals surface area contributed by atoms with E-state index in [0.717, 1.165) is 10.1 Å². The van der Waals surface area contributed by atoms with E-state index < -0.39 is 23.3 Å². The minimum atomic E-state index is -0.902. The number of aromatic hydroxyl groups is 1. The second kappa shape index (κ2) is 8.95. The van der Waals surface area contributed by atoms with Gasteiger partial charge in [-0.1, -0.05) is 39.8 Å². The van der Waals surface area contributed by atoms with Gasteiger partial charge in [0.25, 0.3) is 5.56 Å². The maximum atomic E-state index is 13.1. The van der Waals surface area contributed by atoms with E-state index in [1.807, 2.05) is 32.0 Å². The number of ketones is 1. The molecule has 1 aromatic carbocycles. The Bertz CT molecular complexity index is 996. The second-order valence-electron chi connectivity index (χ2n) is 7.97. The van der Waals surface area contributed by atoms with Gasteiger partial charge in [0.05, 0.1) is 5.56 Å². The van der Waals surface area contributed by atoms with E-state index in [-0.39, 0.29) is 29.2 Å². The van der Waals surface area contributed by atoms with E-state index in [4.69, 9.17) is 4.74 Å². The van der Waals surface area contributed by atoms with E-state index >= 15 is 0 Å². The average Bonchev–Trinajstić information content (AvgIpc) is 2.65. The molecular weight excluding hydrogens is 368 g/mol. The van der Waals surface area contributed by atoms with Gasteiger partial charge in [0.1, 0.15) is 17.4 Å². The van der Waals surface area contributed by atoms with Crippen LogP contribution in [0.1, 0.15) is 67.6 Å². The minimum absolute atomic E-state index is 0.0453. The van der Waals surface area contributed by atoms with Crippen LogP contribution in [0.5, 0.6) is 11.6 Å². The first kappa shape index (κ1) is 22.2. The molecule has 1 aromatic heterocycles. The summed E-state index contributed by atoms with van der Waals surface area (Å²) in [7, 11) is 0. The highest BCUT2D eigenvalue weighted by molar-refractivity contribution is 6.03. The summed E-state index contributed by atoms with van der Waals surface area (Å²) in [6.07, 6.45) is -0.902. The predicted molar refractivity (Wildman–Crippen MR) is 112 cm³/mol. The van der Waals surface area contributed by atoms with Gasteiger partial charge in [-0.25, -0.2) is 0 Å². The van der Waals surface area contributed by atoms with E-state index in [1.165, 1.54) is 6.92 Å². The van der Waals surface area contributed by atoms with Crippen LogP contribution < -0.4 is 10.3 Å². The summed E-state index contributed by atoms with van der Waals surface area (Å²) in [4.78, 5) is 25.6. The molecule has 6 nitrogen and oxygen atoms in total. The number of rotatable bonds is 7. The van der Waals surface area contributed by atoms with Crippen molar-refractivity contribution in [2.45, 2.75) is 60.1 Å². The molecule has 1 N–H and O–H groups in total. The number of benzene rings is 1. The van der Waals surface area contributed by atoms with Crippen molar-refractivity contribution in [1.82, 2.24) is 4.57 Å². The molecule has 0 aliphatic heterocycles. The highest BCUT2D eigenvalue weighted by atomic mass is 16.5. The maximum Gasteiger partial charge on any atom is 0.271 e. The van der Waals surface area contributed by atoms with E-state index in [1.54, 1.807) is 19.1 Å². The third-order valence-corrected chi connectivity index (χ3v) is 4.82. The van der Waals surface area contributed by atoms with Crippen LogP contribution in [0.2, 0.25) is 0 Å². The van der Waals surface area contributed by atoms with Gasteiger partial charge in [0, 0.05) is 6.54 Å². The number of Topliss-reactive ketones (excluding diaryl/α,β-unsaturated/α-hetero) is 1. The Labute approximate surface area is 171 Å². The third-order valence-electron chi connectivity index (χ3n) is 4.82. The van der Waals surface area contributed by atoms with Crippen LogP contribution in [0.15, 0.2) is 29.1 Å². The zero-order chi connectivity index (χ0) is 21.9. The topological polar surface area (TPSA) is 92.3 Å². The lowest BCUT2D eigenvalue weighted by Crippen LogP contribution is -2.31. The number of ether oxygens (including phenoxy) is 1. The van der Waals surface area contributed by atoms with Gasteiger partial charge in [-0.15, -0.1) is 0 Å². The van der Waals surface area contributed by atoms with Crippen molar-refractivity contribution in [3.63, 3.8) is 0 Å². The molecule has 0 aliphatic rings. The van der Waals surface area contributed by atoms with E-state index in [0.29, 0.717) is 11.7 Å². The van der Waals surface area contributed by atoms with Crippen molar-refractivity contribution >= 4 is 5.78 Å². The van der Waals surface area contributed by atoms with Gasteiger partial charge < -0.3 is 9.84 Å². The lowest BCUT2D eigenvalue weighted by molar-refractivity contribution is 0.0812. The predicted octanol–water partition coefficient (Wildman–Crippen LogP) is 4.16. The highest BCUT2D eigenvalue weighted by Crippen LogP contribution is 2.26. The van der Waals surface area contributed by atoms with Crippen molar-refractivity contribution in [3.8, 4) is 17.7 Å². The number of hydrogen-bond donors (Lipinski definition) is 1. The molecule has 0 saturated heterocycles. The Balaban J connectivity index is 2.43. The van der Waals surface area contributed by atoms with Crippen LogP contribution >= 0.6 is 0 Å². The molecule has 2 rings (SSSR count). The summed E-state index contributed by atoms with van der Waals surface area (Å²) in [6, 6.07) is 9.35. The molecule has 29 heavy (non-hydrogen) atoms. The van der Waals surface area contributed by atoms with Gasteiger partial charge >= 0.3 is 0 Å². The van der Waals surface area contributed by atoms with Crippen LogP contribution in [-0.4, -0.2) is 21.6 Å². The molecule has 1 atom stereocenters. The smallest absolute Gasteiger partial charge is 0.271 e. The average molecular weight is 396 g/mol. The summed E-state index contributed by atoms with van der Waals surface area (Å²) >= 11 is 0. The van der Waals surface area contributed by atoms with Crippen LogP contribution in [0.3, 0.4) is 0 Å². The Hall–Kier alpha value is -3.07. The van der Waals surface area contributed by atoms with Crippen molar-refractivity contribution in [2.24, 2.45) is 5.92 Å². The molecule has 0 amide bonds. The lowest BCUT2D eigenvalue weighted by atomic mass is 9.98. The molecule has 1 heterocycles. The molecule has 0 aliphatic carbocycles. The molecule has 2 aromatic rings. The number of aromatic nitrogens is 1. The first-order chi connectivity index (χ1) is 13.6. The normalized spacial score (nSPS) is 12.1. The van der Waals surface area contributed by atoms with Crippen molar-refractivity contribution in [3.05, 3.63) is 56.9 Å². The van der Waals surface area contributed by atoms with Crippen molar-refractivity contribution < 1.29 is 14.6 Å². The van der Waals surface area contributed by atoms with E-state index in [9.17, 15) is 20.0 Å². The Morgan fingerprint density at radius 2 is 1.76 bits per heavy atom. The molecule has 0 radical (unpaired) electrons. The summed E-state index contributed by atoms with van der Waals surface area (Å²) in [5.41, 5.74) is 0.550. The van der Waals surface area contributed by atoms with Crippen molar-refractivity contribution in [1.29, 1.82) is 5.26 Å². The first-order valence-electron chi connectivity index (χ1n) is 9.75. The quantitative estimate of drug-likeness (QED) is 0.709. The summed E-state index contributed by atoms with van der Waals surface area (Å²) in [5, 5.41) is 20.1. The van der Waals surface area contributed by atoms with Gasteiger partial charge in [-0.2, -0.15) is 5.26 Å². The molecule has 0 saturated carbocycles. The molecule has 0 bridgehead atoms. The maximum absolute atomic E-state index is 13.1. The lowest BCUT2D eigenvalue weighted by Gasteiger charge is -2.20. The Morgan fingerprint density at radius 1 is 1.17 bits per heavy atom. The SMILES string of the molecule is Cc1c(C(=O)C(C)Oc2ccc(C(C)C)cc2)c(O)n(CC(C)C)c(=O)c1C#N. The molecular formula is C23H28N2O4. The fourth-order valence-electron chi connectivity index (χ4n) is 3.17. The summed E-state index contributed by atoms with van der Waals surface area (Å²) in [6.45, 7) is 11.2. The third kappa shape index (κ3) is 4.68. The monoisotopic (exact) mass is 396 g/mol. The zero-order valence-corrected chi connectivity index (χ0v) is 17.8. The van der Waals surface area contributed by atoms with E-state index in [2.05, 4.69) is 13.8 Å². The highest BCUT2D eigenvalue weighted by Gasteiger charge is 2.28. The molecule has 154 valence electrons. The van der Waals surface area contributed by atoms with Crippen LogP contribution in [0.25, 0.3) is 0 Å². The fourth-order valence-corrected chi connectivity index (χ4v) is 3.17. The molecule has 6 heteroatoms. The van der Waals surface area contributed by atoms with Crippen molar-refractivity contribution in [2.75, 3.05) is 0 Å². The van der Waals surface area contributed by atoms with Crippen LogP contribution in [0.4, 0.5) is 0 Å². The van der Waals surface area contributed by atoms with Gasteiger partial charge in [-0.05, 0) is 48.9 Å². The van der Waals surface area contributed by atoms with Gasteiger partial charge in [0.2, 0.25) is 11.7 Å². The number of pyridine rings is 1. The standard InChI is InChI=1S/C23H28N2O4/c1-13(2)12-25-22(27)19(11-24)15(5)20(23(25)28)21(26)16(6)29-18-9-7-17(8-10-18)14(3)4/h7-10,13-14,16,28H,12H2,1-6H3. The fraction of sp³-hybridized carbons (Fsp3) is 0.435. The number of carbonyl (C=O) groups is 1.